The summed E-state index contributed by atoms with van der Waals surface area (Å²) in [7, 11) is 0. The molecular formula is C23H20F3N5O2S. The van der Waals surface area contributed by atoms with E-state index in [0.717, 1.165) is 42.6 Å². The Morgan fingerprint density at radius 2 is 1.94 bits per heavy atom. The summed E-state index contributed by atoms with van der Waals surface area (Å²) in [6.45, 7) is 0. The Morgan fingerprint density at radius 3 is 2.68 bits per heavy atom. The van der Waals surface area contributed by atoms with Gasteiger partial charge in [0.15, 0.2) is 5.82 Å². The number of hydrogen-bond acceptors (Lipinski definition) is 6. The second kappa shape index (κ2) is 7.66. The Labute approximate surface area is 195 Å². The third-order valence-electron chi connectivity index (χ3n) is 7.21. The maximum absolute atomic E-state index is 13.3. The zero-order chi connectivity index (χ0) is 23.6. The third kappa shape index (κ3) is 3.41. The lowest BCUT2D eigenvalue weighted by Gasteiger charge is -2.47. The van der Waals surface area contributed by atoms with Gasteiger partial charge in [0, 0.05) is 29.4 Å². The van der Waals surface area contributed by atoms with Gasteiger partial charge in [0.25, 0.3) is 0 Å². The number of aromatic amines is 1. The van der Waals surface area contributed by atoms with Crippen molar-refractivity contribution in [1.82, 2.24) is 19.9 Å². The molecular weight excluding hydrogens is 467 g/mol. The highest BCUT2D eigenvalue weighted by molar-refractivity contribution is 7.17. The number of aromatic nitrogens is 4. The van der Waals surface area contributed by atoms with Gasteiger partial charge >= 0.3 is 12.1 Å². The first-order valence-electron chi connectivity index (χ1n) is 11.1. The van der Waals surface area contributed by atoms with Crippen LogP contribution >= 0.6 is 11.3 Å². The molecule has 0 saturated heterocycles. The highest BCUT2D eigenvalue weighted by atomic mass is 32.1. The molecule has 3 saturated carbocycles. The minimum absolute atomic E-state index is 0.139. The van der Waals surface area contributed by atoms with E-state index in [1.807, 2.05) is 11.4 Å². The lowest BCUT2D eigenvalue weighted by atomic mass is 9.61. The van der Waals surface area contributed by atoms with Crippen molar-refractivity contribution in [1.29, 1.82) is 0 Å². The number of alkyl halides is 3. The average Bonchev–Trinajstić information content (AvgIpc) is 3.45. The van der Waals surface area contributed by atoms with Gasteiger partial charge in [-0.2, -0.15) is 13.2 Å². The molecule has 3 aliphatic rings. The molecule has 0 radical (unpaired) electrons. The second-order valence-electron chi connectivity index (χ2n) is 9.06. The fraction of sp³-hybridized carbons (Fsp3) is 0.391. The smallest absolute Gasteiger partial charge is 0.417 e. The zero-order valence-corrected chi connectivity index (χ0v) is 18.6. The van der Waals surface area contributed by atoms with E-state index >= 15 is 0 Å². The fourth-order valence-corrected chi connectivity index (χ4v) is 6.38. The van der Waals surface area contributed by atoms with E-state index < -0.39 is 23.6 Å². The van der Waals surface area contributed by atoms with Gasteiger partial charge < -0.3 is 15.4 Å². The van der Waals surface area contributed by atoms with Gasteiger partial charge in [-0.3, -0.25) is 4.79 Å². The first-order valence-corrected chi connectivity index (χ1v) is 12.0. The van der Waals surface area contributed by atoms with Crippen LogP contribution in [-0.2, 0) is 11.0 Å². The number of carboxylic acid groups (broad SMARTS) is 1. The molecule has 7 rings (SSSR count). The van der Waals surface area contributed by atoms with E-state index in [2.05, 4.69) is 20.3 Å². The second-order valence-corrected chi connectivity index (χ2v) is 9.98. The maximum Gasteiger partial charge on any atom is 0.417 e. The zero-order valence-electron chi connectivity index (χ0n) is 17.8. The minimum Gasteiger partial charge on any atom is -0.481 e. The van der Waals surface area contributed by atoms with Crippen molar-refractivity contribution in [3.8, 4) is 11.4 Å². The molecule has 4 aromatic heterocycles. The lowest BCUT2D eigenvalue weighted by Crippen LogP contribution is -2.51. The number of hydrogen-bond donors (Lipinski definition) is 3. The summed E-state index contributed by atoms with van der Waals surface area (Å²) in [6, 6.07) is 2.62. The Hall–Kier alpha value is -3.21. The SMILES string of the molecule is O=C(O)[C@H]1C2CCC(CC2)[C@@H]1Nc1nc(-c2c[nH]c3ncc(C(F)(F)F)cc23)nc2ccsc12. The number of pyridine rings is 1. The van der Waals surface area contributed by atoms with Crippen LogP contribution in [0.2, 0.25) is 0 Å². The molecule has 2 bridgehead atoms. The summed E-state index contributed by atoms with van der Waals surface area (Å²) in [5.74, 6) is -0.132. The monoisotopic (exact) mass is 487 g/mol. The van der Waals surface area contributed by atoms with E-state index in [4.69, 9.17) is 4.98 Å². The quantitative estimate of drug-likeness (QED) is 0.349. The summed E-state index contributed by atoms with van der Waals surface area (Å²) < 4.78 is 40.6. The standard InChI is InChI=1S/C23H20F3N5O2S/c24-23(25,26)12-7-13-14(9-28-19(13)27-8-12)20-29-15-5-6-34-18(15)21(31-20)30-17-11-3-1-10(2-4-11)16(17)22(32)33/h5-11,16-17H,1-4H2,(H,27,28)(H,32,33)(H,29,30,31)/t10?,11?,16-,17-/m0/s1. The van der Waals surface area contributed by atoms with Gasteiger partial charge in [-0.1, -0.05) is 0 Å². The highest BCUT2D eigenvalue weighted by Gasteiger charge is 2.47. The van der Waals surface area contributed by atoms with Gasteiger partial charge in [-0.25, -0.2) is 15.0 Å². The van der Waals surface area contributed by atoms with Crippen molar-refractivity contribution in [3.05, 3.63) is 35.5 Å². The maximum atomic E-state index is 13.3. The number of fused-ring (bicyclic) bond motifs is 5. The van der Waals surface area contributed by atoms with Crippen LogP contribution in [0.4, 0.5) is 19.0 Å². The molecule has 176 valence electrons. The molecule has 0 spiro atoms. The van der Waals surface area contributed by atoms with Crippen molar-refractivity contribution in [3.63, 3.8) is 0 Å². The molecule has 0 aromatic carbocycles. The fourth-order valence-electron chi connectivity index (χ4n) is 5.60. The number of thiophene rings is 1. The minimum atomic E-state index is -4.52. The number of carboxylic acids is 1. The molecule has 3 N–H and O–H groups in total. The predicted molar refractivity (Wildman–Crippen MR) is 121 cm³/mol. The average molecular weight is 488 g/mol. The predicted octanol–water partition coefficient (Wildman–Crippen LogP) is 5.55. The summed E-state index contributed by atoms with van der Waals surface area (Å²) >= 11 is 1.44. The van der Waals surface area contributed by atoms with Gasteiger partial charge in [-0.15, -0.1) is 11.3 Å². The van der Waals surface area contributed by atoms with Crippen LogP contribution in [0.15, 0.2) is 29.9 Å². The Kier molecular flexibility index (Phi) is 4.80. The van der Waals surface area contributed by atoms with Crippen molar-refractivity contribution in [2.75, 3.05) is 5.32 Å². The largest absolute Gasteiger partial charge is 0.481 e. The van der Waals surface area contributed by atoms with Gasteiger partial charge in [0.05, 0.1) is 21.7 Å². The van der Waals surface area contributed by atoms with Crippen LogP contribution in [0.3, 0.4) is 0 Å². The molecule has 4 aromatic rings. The number of halogens is 3. The van der Waals surface area contributed by atoms with Crippen molar-refractivity contribution in [2.45, 2.75) is 37.9 Å². The molecule has 0 amide bonds. The molecule has 3 aliphatic carbocycles. The summed E-state index contributed by atoms with van der Waals surface area (Å²) in [6.07, 6.45) is 1.63. The first-order chi connectivity index (χ1) is 16.3. The van der Waals surface area contributed by atoms with E-state index in [9.17, 15) is 23.1 Å². The molecule has 34 heavy (non-hydrogen) atoms. The third-order valence-corrected chi connectivity index (χ3v) is 8.12. The van der Waals surface area contributed by atoms with E-state index in [1.54, 1.807) is 6.20 Å². The summed E-state index contributed by atoms with van der Waals surface area (Å²) in [4.78, 5) is 28.2. The molecule has 7 nitrogen and oxygen atoms in total. The van der Waals surface area contributed by atoms with Crippen molar-refractivity contribution < 1.29 is 23.1 Å². The first kappa shape index (κ1) is 21.3. The number of H-pyrrole nitrogens is 1. The number of anilines is 1. The van der Waals surface area contributed by atoms with Gasteiger partial charge in [-0.05, 0) is 55.0 Å². The lowest BCUT2D eigenvalue weighted by molar-refractivity contribution is -0.148. The highest BCUT2D eigenvalue weighted by Crippen LogP contribution is 2.47. The topological polar surface area (TPSA) is 104 Å². The molecule has 2 atom stereocenters. The van der Waals surface area contributed by atoms with Crippen LogP contribution in [0, 0.1) is 17.8 Å². The van der Waals surface area contributed by atoms with Crippen molar-refractivity contribution in [2.24, 2.45) is 17.8 Å². The van der Waals surface area contributed by atoms with E-state index in [0.29, 0.717) is 22.5 Å². The van der Waals surface area contributed by atoms with Crippen molar-refractivity contribution >= 4 is 44.4 Å². The van der Waals surface area contributed by atoms with Gasteiger partial charge in [0.1, 0.15) is 11.5 Å². The Morgan fingerprint density at radius 1 is 1.18 bits per heavy atom. The van der Waals surface area contributed by atoms with Crippen LogP contribution in [0.5, 0.6) is 0 Å². The number of carbonyl (C=O) groups is 1. The number of aliphatic carboxylic acids is 1. The van der Waals surface area contributed by atoms with Crippen LogP contribution in [0.25, 0.3) is 32.6 Å². The van der Waals surface area contributed by atoms with Gasteiger partial charge in [0.2, 0.25) is 0 Å². The molecule has 0 aliphatic heterocycles. The normalized spacial score (nSPS) is 24.7. The van der Waals surface area contributed by atoms with Crippen LogP contribution < -0.4 is 5.32 Å². The molecule has 3 fully saturated rings. The summed E-state index contributed by atoms with van der Waals surface area (Å²) in [5, 5.41) is 15.5. The molecule has 4 heterocycles. The number of rotatable bonds is 4. The molecule has 0 unspecified atom stereocenters. The van der Waals surface area contributed by atoms with E-state index in [-0.39, 0.29) is 29.1 Å². The number of nitrogens with one attached hydrogen (secondary N) is 2. The Balaban J connectivity index is 1.45. The van der Waals surface area contributed by atoms with E-state index in [1.165, 1.54) is 11.3 Å². The summed E-state index contributed by atoms with van der Waals surface area (Å²) in [5.41, 5.74) is 0.518. The Bertz CT molecular complexity index is 1410. The van der Waals surface area contributed by atoms with Crippen LogP contribution in [-0.4, -0.2) is 37.1 Å². The molecule has 11 heteroatoms. The van der Waals surface area contributed by atoms with Crippen LogP contribution in [0.1, 0.15) is 31.2 Å². The number of nitrogens with zero attached hydrogens (tertiary/aromatic N) is 3.